The van der Waals surface area contributed by atoms with Crippen molar-refractivity contribution < 1.29 is 17.9 Å². The number of nitrogens with zero attached hydrogens (tertiary/aromatic N) is 1. The van der Waals surface area contributed by atoms with Crippen LogP contribution in [0.2, 0.25) is 10.0 Å². The third-order valence-corrected chi connectivity index (χ3v) is 6.06. The normalized spacial score (nSPS) is 15.7. The first-order valence-corrected chi connectivity index (χ1v) is 10.6. The maximum Gasteiger partial charge on any atom is 0.260 e. The van der Waals surface area contributed by atoms with Crippen LogP contribution in [0.3, 0.4) is 0 Å². The molecular weight excluding hydrogens is 399 g/mol. The van der Waals surface area contributed by atoms with Gasteiger partial charge in [0.15, 0.2) is 6.61 Å². The fourth-order valence-electron chi connectivity index (χ4n) is 2.74. The van der Waals surface area contributed by atoms with Gasteiger partial charge in [-0.05, 0) is 30.9 Å². The highest BCUT2D eigenvalue weighted by atomic mass is 35.5. The van der Waals surface area contributed by atoms with Crippen molar-refractivity contribution in [2.45, 2.75) is 32.2 Å². The van der Waals surface area contributed by atoms with E-state index in [-0.39, 0.29) is 18.6 Å². The van der Waals surface area contributed by atoms with E-state index in [1.807, 2.05) is 6.92 Å². The molecule has 1 aliphatic rings. The first-order chi connectivity index (χ1) is 12.3. The number of halogens is 2. The van der Waals surface area contributed by atoms with Crippen LogP contribution >= 0.6 is 23.2 Å². The summed E-state index contributed by atoms with van der Waals surface area (Å²) in [6, 6.07) is 3.16. The molecule has 0 aromatic heterocycles. The number of sulfonamides is 1. The highest BCUT2D eigenvalue weighted by Gasteiger charge is 2.25. The molecule has 0 radical (unpaired) electrons. The lowest BCUT2D eigenvalue weighted by Gasteiger charge is -2.32. The number of nitrogens with one attached hydrogen (secondary N) is 1. The summed E-state index contributed by atoms with van der Waals surface area (Å²) in [7, 11) is -3.46. The van der Waals surface area contributed by atoms with Gasteiger partial charge in [-0.1, -0.05) is 36.7 Å². The number of benzene rings is 1. The molecule has 0 unspecified atom stereocenters. The van der Waals surface area contributed by atoms with Crippen LogP contribution in [-0.2, 0) is 21.2 Å². The Morgan fingerprint density at radius 1 is 1.35 bits per heavy atom. The van der Waals surface area contributed by atoms with Gasteiger partial charge in [0.1, 0.15) is 5.75 Å². The number of amides is 1. The molecular formula is C17H22Cl2N2O4S. The number of rotatable bonds is 7. The Morgan fingerprint density at radius 2 is 1.96 bits per heavy atom. The molecule has 1 aliphatic heterocycles. The molecule has 1 heterocycles. The van der Waals surface area contributed by atoms with Crippen molar-refractivity contribution >= 4 is 39.1 Å². The summed E-state index contributed by atoms with van der Waals surface area (Å²) in [5, 5.41) is 1.72. The SMILES string of the molecule is C=CS(=O)(=O)NC1CCN(C(=O)COc2cc(Cl)c(Cl)cc2CC)CC1. The van der Waals surface area contributed by atoms with Gasteiger partial charge in [-0.15, -0.1) is 0 Å². The van der Waals surface area contributed by atoms with E-state index in [2.05, 4.69) is 11.3 Å². The first-order valence-electron chi connectivity index (χ1n) is 8.29. The van der Waals surface area contributed by atoms with Crippen LogP contribution in [0.4, 0.5) is 0 Å². The Morgan fingerprint density at radius 3 is 2.54 bits per heavy atom. The van der Waals surface area contributed by atoms with Crippen LogP contribution in [0.1, 0.15) is 25.3 Å². The molecule has 1 aromatic rings. The summed E-state index contributed by atoms with van der Waals surface area (Å²) in [5.41, 5.74) is 0.879. The number of piperidine rings is 1. The second kappa shape index (κ2) is 9.08. The Labute approximate surface area is 164 Å². The maximum atomic E-state index is 12.4. The van der Waals surface area contributed by atoms with Gasteiger partial charge in [-0.25, -0.2) is 13.1 Å². The van der Waals surface area contributed by atoms with Crippen molar-refractivity contribution in [2.24, 2.45) is 0 Å². The van der Waals surface area contributed by atoms with E-state index in [1.54, 1.807) is 17.0 Å². The molecule has 1 fully saturated rings. The lowest BCUT2D eigenvalue weighted by molar-refractivity contribution is -0.134. The largest absolute Gasteiger partial charge is 0.483 e. The predicted octanol–water partition coefficient (Wildman–Crippen LogP) is 2.99. The average Bonchev–Trinajstić information content (AvgIpc) is 2.62. The molecule has 26 heavy (non-hydrogen) atoms. The zero-order chi connectivity index (χ0) is 19.3. The van der Waals surface area contributed by atoms with Crippen molar-refractivity contribution in [3.63, 3.8) is 0 Å². The van der Waals surface area contributed by atoms with Crippen molar-refractivity contribution in [3.05, 3.63) is 39.7 Å². The minimum absolute atomic E-state index is 0.103. The van der Waals surface area contributed by atoms with Crippen LogP contribution in [0, 0.1) is 0 Å². The Bertz CT molecular complexity index is 775. The van der Waals surface area contributed by atoms with Gasteiger partial charge < -0.3 is 9.64 Å². The van der Waals surface area contributed by atoms with Gasteiger partial charge in [-0.2, -0.15) is 0 Å². The summed E-state index contributed by atoms with van der Waals surface area (Å²) < 4.78 is 31.2. The molecule has 2 rings (SSSR count). The minimum atomic E-state index is -3.46. The van der Waals surface area contributed by atoms with Gasteiger partial charge in [0.05, 0.1) is 10.0 Å². The summed E-state index contributed by atoms with van der Waals surface area (Å²) in [4.78, 5) is 14.0. The number of hydrogen-bond acceptors (Lipinski definition) is 4. The first kappa shape index (κ1) is 21.0. The Hall–Kier alpha value is -1.28. The minimum Gasteiger partial charge on any atom is -0.483 e. The number of ether oxygens (including phenoxy) is 1. The highest BCUT2D eigenvalue weighted by Crippen LogP contribution is 2.31. The fraction of sp³-hybridized carbons (Fsp3) is 0.471. The zero-order valence-electron chi connectivity index (χ0n) is 14.5. The third-order valence-electron chi connectivity index (χ3n) is 4.23. The topological polar surface area (TPSA) is 75.7 Å². The second-order valence-corrected chi connectivity index (χ2v) is 8.47. The molecule has 144 valence electrons. The predicted molar refractivity (Wildman–Crippen MR) is 103 cm³/mol. The number of likely N-dealkylation sites (tertiary alicyclic amines) is 1. The van der Waals surface area contributed by atoms with Crippen LogP contribution in [0.25, 0.3) is 0 Å². The van der Waals surface area contributed by atoms with E-state index in [0.29, 0.717) is 48.1 Å². The van der Waals surface area contributed by atoms with Crippen LogP contribution < -0.4 is 9.46 Å². The standard InChI is InChI=1S/C17H22Cl2N2O4S/c1-3-12-9-14(18)15(19)10-16(12)25-11-17(22)21-7-5-13(6-8-21)20-26(23,24)4-2/h4,9-10,13,20H,2-3,5-8,11H2,1H3. The molecule has 1 aromatic carbocycles. The molecule has 0 aliphatic carbocycles. The maximum absolute atomic E-state index is 12.4. The van der Waals surface area contributed by atoms with E-state index in [0.717, 1.165) is 11.0 Å². The molecule has 0 atom stereocenters. The van der Waals surface area contributed by atoms with Crippen LogP contribution in [0.5, 0.6) is 5.75 Å². The molecule has 1 amide bonds. The highest BCUT2D eigenvalue weighted by molar-refractivity contribution is 7.92. The van der Waals surface area contributed by atoms with E-state index >= 15 is 0 Å². The summed E-state index contributed by atoms with van der Waals surface area (Å²) in [5.74, 6) is 0.395. The van der Waals surface area contributed by atoms with E-state index in [1.165, 1.54) is 0 Å². The molecule has 6 nitrogen and oxygen atoms in total. The van der Waals surface area contributed by atoms with E-state index in [9.17, 15) is 13.2 Å². The number of hydrogen-bond donors (Lipinski definition) is 1. The molecule has 0 saturated carbocycles. The fourth-order valence-corrected chi connectivity index (χ4v) is 3.87. The summed E-state index contributed by atoms with van der Waals surface area (Å²) >= 11 is 12.0. The van der Waals surface area contributed by atoms with Crippen molar-refractivity contribution in [1.82, 2.24) is 9.62 Å². The van der Waals surface area contributed by atoms with Gasteiger partial charge in [0.25, 0.3) is 5.91 Å². The van der Waals surface area contributed by atoms with Crippen LogP contribution in [-0.4, -0.2) is 45.0 Å². The Balaban J connectivity index is 1.88. The molecule has 9 heteroatoms. The van der Waals surface area contributed by atoms with Crippen molar-refractivity contribution in [1.29, 1.82) is 0 Å². The van der Waals surface area contributed by atoms with E-state index in [4.69, 9.17) is 27.9 Å². The van der Waals surface area contributed by atoms with E-state index < -0.39 is 10.0 Å². The van der Waals surface area contributed by atoms with Gasteiger partial charge >= 0.3 is 0 Å². The number of aryl methyl sites for hydroxylation is 1. The van der Waals surface area contributed by atoms with Gasteiger partial charge in [0, 0.05) is 30.6 Å². The molecule has 1 N–H and O–H groups in total. The third kappa shape index (κ3) is 5.61. The number of carbonyl (C=O) groups excluding carboxylic acids is 1. The average molecular weight is 421 g/mol. The molecule has 0 spiro atoms. The van der Waals surface area contributed by atoms with Crippen LogP contribution in [0.15, 0.2) is 24.1 Å². The lowest BCUT2D eigenvalue weighted by atomic mass is 10.1. The van der Waals surface area contributed by atoms with Crippen molar-refractivity contribution in [2.75, 3.05) is 19.7 Å². The molecule has 0 bridgehead atoms. The summed E-state index contributed by atoms with van der Waals surface area (Å²) in [6.07, 6.45) is 1.80. The monoisotopic (exact) mass is 420 g/mol. The Kier molecular flexibility index (Phi) is 7.34. The lowest BCUT2D eigenvalue weighted by Crippen LogP contribution is -2.47. The zero-order valence-corrected chi connectivity index (χ0v) is 16.8. The summed E-state index contributed by atoms with van der Waals surface area (Å²) in [6.45, 7) is 6.06. The molecule has 1 saturated heterocycles. The quantitative estimate of drug-likeness (QED) is 0.735. The second-order valence-electron chi connectivity index (χ2n) is 6.00. The van der Waals surface area contributed by atoms with Gasteiger partial charge in [-0.3, -0.25) is 4.79 Å². The number of carbonyl (C=O) groups is 1. The van der Waals surface area contributed by atoms with Crippen molar-refractivity contribution in [3.8, 4) is 5.75 Å². The smallest absolute Gasteiger partial charge is 0.260 e. The van der Waals surface area contributed by atoms with Gasteiger partial charge in [0.2, 0.25) is 10.0 Å².